The Morgan fingerprint density at radius 3 is 2.38 bits per heavy atom. The van der Waals surface area contributed by atoms with Crippen LogP contribution in [0.3, 0.4) is 0 Å². The van der Waals surface area contributed by atoms with Crippen molar-refractivity contribution in [1.82, 2.24) is 10.2 Å². The van der Waals surface area contributed by atoms with Gasteiger partial charge in [0.1, 0.15) is 11.8 Å². The molecule has 0 aromatic heterocycles. The molecule has 37 heavy (non-hydrogen) atoms. The van der Waals surface area contributed by atoms with Crippen molar-refractivity contribution in [3.8, 4) is 5.75 Å². The Balaban J connectivity index is 1.90. The maximum Gasteiger partial charge on any atom is 0.247 e. The van der Waals surface area contributed by atoms with Crippen molar-refractivity contribution in [2.45, 2.75) is 77.5 Å². The van der Waals surface area contributed by atoms with Crippen molar-refractivity contribution in [3.05, 3.63) is 71.8 Å². The number of nitrogens with one attached hydrogen (secondary N) is 1. The van der Waals surface area contributed by atoms with Crippen LogP contribution in [0.2, 0.25) is 0 Å². The average molecular weight is 509 g/mol. The highest BCUT2D eigenvalue weighted by molar-refractivity contribution is 5.95. The molecule has 7 nitrogen and oxygen atoms in total. The largest absolute Gasteiger partial charge is 0.497 e. The lowest BCUT2D eigenvalue weighted by Gasteiger charge is -2.33. The quantitative estimate of drug-likeness (QED) is 0.460. The predicted molar refractivity (Wildman–Crippen MR) is 145 cm³/mol. The molecule has 1 heterocycles. The third-order valence-corrected chi connectivity index (χ3v) is 6.02. The summed E-state index contributed by atoms with van der Waals surface area (Å²) in [6.45, 7) is 10.3. The van der Waals surface area contributed by atoms with Gasteiger partial charge in [-0.15, -0.1) is 0 Å². The number of carbonyl (C=O) groups is 2. The average Bonchev–Trinajstić information content (AvgIpc) is 3.20. The molecule has 200 valence electrons. The van der Waals surface area contributed by atoms with Crippen molar-refractivity contribution < 1.29 is 23.8 Å². The van der Waals surface area contributed by atoms with Gasteiger partial charge in [-0.2, -0.15) is 0 Å². The van der Waals surface area contributed by atoms with Crippen LogP contribution in [-0.2, 0) is 25.6 Å². The molecule has 7 heteroatoms. The Bertz CT molecular complexity index is 1060. The summed E-state index contributed by atoms with van der Waals surface area (Å²) < 4.78 is 17.0. The molecule has 2 amide bonds. The van der Waals surface area contributed by atoms with Gasteiger partial charge in [0.05, 0.1) is 19.8 Å². The van der Waals surface area contributed by atoms with Crippen LogP contribution >= 0.6 is 0 Å². The molecule has 1 aliphatic rings. The van der Waals surface area contributed by atoms with E-state index in [2.05, 4.69) is 5.32 Å². The number of hydrogen-bond acceptors (Lipinski definition) is 5. The van der Waals surface area contributed by atoms with Crippen LogP contribution in [-0.4, -0.2) is 53.9 Å². The minimum Gasteiger partial charge on any atom is -0.497 e. The maximum absolute atomic E-state index is 13.6. The van der Waals surface area contributed by atoms with Gasteiger partial charge >= 0.3 is 0 Å². The number of benzene rings is 2. The van der Waals surface area contributed by atoms with E-state index in [0.717, 1.165) is 16.9 Å². The molecule has 1 fully saturated rings. The van der Waals surface area contributed by atoms with Crippen LogP contribution in [0.15, 0.2) is 60.7 Å². The van der Waals surface area contributed by atoms with Crippen molar-refractivity contribution in [2.75, 3.05) is 13.7 Å². The smallest absolute Gasteiger partial charge is 0.247 e. The normalized spacial score (nSPS) is 17.9. The molecule has 0 radical (unpaired) electrons. The summed E-state index contributed by atoms with van der Waals surface area (Å²) in [6, 6.07) is 16.5. The van der Waals surface area contributed by atoms with Crippen LogP contribution in [0, 0.1) is 0 Å². The predicted octanol–water partition coefficient (Wildman–Crippen LogP) is 4.95. The Morgan fingerprint density at radius 1 is 1.14 bits per heavy atom. The van der Waals surface area contributed by atoms with Gasteiger partial charge < -0.3 is 24.4 Å². The summed E-state index contributed by atoms with van der Waals surface area (Å²) in [5.41, 5.74) is 1.37. The van der Waals surface area contributed by atoms with E-state index < -0.39 is 17.4 Å². The lowest BCUT2D eigenvalue weighted by atomic mass is 10.0. The van der Waals surface area contributed by atoms with Crippen molar-refractivity contribution in [2.24, 2.45) is 0 Å². The SMILES string of the molecule is COc1ccc(CN(C(=O)/C=C/c2ccccc2)C(CCC2COC(C)(C)O2)C(=O)NC(C)(C)C)cc1. The van der Waals surface area contributed by atoms with Gasteiger partial charge in [-0.3, -0.25) is 9.59 Å². The minimum atomic E-state index is -0.693. The molecule has 0 saturated carbocycles. The highest BCUT2D eigenvalue weighted by Crippen LogP contribution is 2.27. The van der Waals surface area contributed by atoms with Crippen LogP contribution in [0.1, 0.15) is 58.6 Å². The number of rotatable bonds is 10. The number of nitrogens with zero attached hydrogens (tertiary/aromatic N) is 1. The summed E-state index contributed by atoms with van der Waals surface area (Å²) >= 11 is 0. The highest BCUT2D eigenvalue weighted by Gasteiger charge is 2.36. The van der Waals surface area contributed by atoms with Gasteiger partial charge in [-0.25, -0.2) is 0 Å². The monoisotopic (exact) mass is 508 g/mol. The van der Waals surface area contributed by atoms with Gasteiger partial charge in [0, 0.05) is 18.2 Å². The van der Waals surface area contributed by atoms with E-state index >= 15 is 0 Å². The number of methoxy groups -OCH3 is 1. The fraction of sp³-hybridized carbons (Fsp3) is 0.467. The zero-order chi connectivity index (χ0) is 27.1. The highest BCUT2D eigenvalue weighted by atomic mass is 16.7. The first-order valence-corrected chi connectivity index (χ1v) is 12.8. The number of carbonyl (C=O) groups excluding carboxylic acids is 2. The Kier molecular flexibility index (Phi) is 9.51. The number of amides is 2. The van der Waals surface area contributed by atoms with Crippen molar-refractivity contribution >= 4 is 17.9 Å². The van der Waals surface area contributed by atoms with Gasteiger partial charge in [-0.05, 0) is 76.8 Å². The first-order valence-electron chi connectivity index (χ1n) is 12.8. The third-order valence-electron chi connectivity index (χ3n) is 6.02. The van der Waals surface area contributed by atoms with Gasteiger partial charge in [0.2, 0.25) is 11.8 Å². The molecule has 1 saturated heterocycles. The Labute approximate surface area is 220 Å². The molecule has 0 aliphatic carbocycles. The molecule has 2 aromatic rings. The standard InChI is InChI=1S/C30H40N2O5/c1-29(2,3)31-28(34)26(18-17-25-21-36-30(4,5)37-25)32(20-23-12-15-24(35-6)16-13-23)27(33)19-14-22-10-8-7-9-11-22/h7-16,19,25-26H,17-18,20-21H2,1-6H3,(H,31,34)/b19-14+. The minimum absolute atomic E-state index is 0.141. The van der Waals surface area contributed by atoms with E-state index in [4.69, 9.17) is 14.2 Å². The topological polar surface area (TPSA) is 77.1 Å². The van der Waals surface area contributed by atoms with E-state index in [1.807, 2.05) is 89.2 Å². The van der Waals surface area contributed by atoms with Crippen LogP contribution < -0.4 is 10.1 Å². The molecule has 1 aliphatic heterocycles. The van der Waals surface area contributed by atoms with E-state index in [9.17, 15) is 9.59 Å². The van der Waals surface area contributed by atoms with Crippen molar-refractivity contribution in [3.63, 3.8) is 0 Å². The van der Waals surface area contributed by atoms with E-state index in [-0.39, 0.29) is 24.5 Å². The zero-order valence-corrected chi connectivity index (χ0v) is 22.8. The molecule has 0 bridgehead atoms. The molecule has 0 spiro atoms. The summed E-state index contributed by atoms with van der Waals surface area (Å²) in [7, 11) is 1.61. The molecular formula is C30H40N2O5. The third kappa shape index (κ3) is 9.02. The Hall–Kier alpha value is -3.16. The lowest BCUT2D eigenvalue weighted by molar-refractivity contribution is -0.143. The molecule has 2 atom stereocenters. The zero-order valence-electron chi connectivity index (χ0n) is 22.8. The van der Waals surface area contributed by atoms with Crippen LogP contribution in [0.4, 0.5) is 0 Å². The second-order valence-corrected chi connectivity index (χ2v) is 10.8. The summed E-state index contributed by atoms with van der Waals surface area (Å²) in [6.07, 6.45) is 4.19. The molecular weight excluding hydrogens is 468 g/mol. The number of ether oxygens (including phenoxy) is 3. The fourth-order valence-corrected chi connectivity index (χ4v) is 4.23. The molecule has 2 unspecified atom stereocenters. The second-order valence-electron chi connectivity index (χ2n) is 10.8. The van der Waals surface area contributed by atoms with Crippen molar-refractivity contribution in [1.29, 1.82) is 0 Å². The van der Waals surface area contributed by atoms with Crippen LogP contribution in [0.5, 0.6) is 5.75 Å². The molecule has 3 rings (SSSR count). The first kappa shape index (κ1) is 28.4. The summed E-state index contributed by atoms with van der Waals surface area (Å²) in [4.78, 5) is 28.9. The first-order chi connectivity index (χ1) is 17.5. The number of hydrogen-bond donors (Lipinski definition) is 1. The van der Waals surface area contributed by atoms with Gasteiger partial charge in [0.15, 0.2) is 5.79 Å². The summed E-state index contributed by atoms with van der Waals surface area (Å²) in [5.74, 6) is -0.350. The molecule has 1 N–H and O–H groups in total. The fourth-order valence-electron chi connectivity index (χ4n) is 4.23. The Morgan fingerprint density at radius 2 is 1.81 bits per heavy atom. The maximum atomic E-state index is 13.6. The lowest BCUT2D eigenvalue weighted by Crippen LogP contribution is -2.53. The van der Waals surface area contributed by atoms with Gasteiger partial charge in [-0.1, -0.05) is 42.5 Å². The van der Waals surface area contributed by atoms with E-state index in [1.54, 1.807) is 18.1 Å². The summed E-state index contributed by atoms with van der Waals surface area (Å²) in [5, 5.41) is 3.08. The second kappa shape index (κ2) is 12.4. The van der Waals surface area contributed by atoms with E-state index in [1.165, 1.54) is 6.08 Å². The molecule has 2 aromatic carbocycles. The van der Waals surface area contributed by atoms with Gasteiger partial charge in [0.25, 0.3) is 0 Å². The van der Waals surface area contributed by atoms with Crippen LogP contribution in [0.25, 0.3) is 6.08 Å². The van der Waals surface area contributed by atoms with E-state index in [0.29, 0.717) is 19.4 Å².